The number of hydrogen-bond acceptors (Lipinski definition) is 4. The minimum absolute atomic E-state index is 0.191. The molecule has 2 bridgehead atoms. The normalized spacial score (nSPS) is 36.2. The van der Waals surface area contributed by atoms with Gasteiger partial charge in [-0.15, -0.1) is 0 Å². The van der Waals surface area contributed by atoms with Crippen molar-refractivity contribution in [2.45, 2.75) is 42.5 Å². The smallest absolute Gasteiger partial charge is 0.342 e. The Morgan fingerprint density at radius 2 is 1.63 bits per heavy atom. The van der Waals surface area contributed by atoms with E-state index in [1.165, 1.54) is 0 Å². The van der Waals surface area contributed by atoms with E-state index in [0.717, 1.165) is 3.57 Å². The molecule has 2 aliphatic carbocycles. The molecule has 1 aromatic carbocycles. The van der Waals surface area contributed by atoms with E-state index in [4.69, 9.17) is 14.0 Å². The van der Waals surface area contributed by atoms with Crippen molar-refractivity contribution < 1.29 is 40.0 Å². The molecule has 0 radical (unpaired) electrons. The van der Waals surface area contributed by atoms with Crippen molar-refractivity contribution in [3.05, 3.63) is 33.4 Å². The molecule has 5 nitrogen and oxygen atoms in total. The highest BCUT2D eigenvalue weighted by Gasteiger charge is 2.74. The van der Waals surface area contributed by atoms with Crippen LogP contribution in [0.1, 0.15) is 24.7 Å². The van der Waals surface area contributed by atoms with Crippen LogP contribution in [-0.4, -0.2) is 36.4 Å². The van der Waals surface area contributed by atoms with Gasteiger partial charge in [-0.2, -0.15) is 26.0 Å². The summed E-state index contributed by atoms with van der Waals surface area (Å²) in [5, 5.41) is -5.56. The highest BCUT2D eigenvalue weighted by molar-refractivity contribution is 14.1. The third-order valence-electron chi connectivity index (χ3n) is 5.74. The Hall–Kier alpha value is -0.500. The van der Waals surface area contributed by atoms with Crippen LogP contribution in [0.25, 0.3) is 0 Å². The van der Waals surface area contributed by atoms with Crippen molar-refractivity contribution in [3.63, 3.8) is 0 Å². The topological polar surface area (TPSA) is 72.8 Å². The van der Waals surface area contributed by atoms with Crippen LogP contribution in [0.2, 0.25) is 0 Å². The van der Waals surface area contributed by atoms with Gasteiger partial charge >= 0.3 is 21.3 Å². The highest BCUT2D eigenvalue weighted by Crippen LogP contribution is 2.62. The summed E-state index contributed by atoms with van der Waals surface area (Å²) in [6, 6.07) is 7.20. The number of fused-ring (bicyclic) bond motifs is 5. The summed E-state index contributed by atoms with van der Waals surface area (Å²) in [6.07, 6.45) is -2.22. The molecule has 1 N–H and O–H groups in total. The van der Waals surface area contributed by atoms with Crippen molar-refractivity contribution in [2.75, 3.05) is 0 Å². The molecule has 150 valence electrons. The Bertz CT molecular complexity index is 847. The lowest BCUT2D eigenvalue weighted by Crippen LogP contribution is -2.55. The Kier molecular flexibility index (Phi) is 4.58. The van der Waals surface area contributed by atoms with Crippen LogP contribution in [0, 0.1) is 21.3 Å². The van der Waals surface area contributed by atoms with Gasteiger partial charge in [0.05, 0.1) is 12.2 Å². The first-order chi connectivity index (χ1) is 12.4. The Morgan fingerprint density at radius 1 is 1.04 bits per heavy atom. The lowest BCUT2D eigenvalue weighted by Gasteiger charge is -2.36. The summed E-state index contributed by atoms with van der Waals surface area (Å²) in [5.41, 5.74) is 0.691. The summed E-state index contributed by atoms with van der Waals surface area (Å²) < 4.78 is 99.1. The first-order valence-corrected chi connectivity index (χ1v) is 10.7. The molecule has 2 saturated carbocycles. The number of halogens is 5. The van der Waals surface area contributed by atoms with Crippen molar-refractivity contribution in [3.8, 4) is 0 Å². The lowest BCUT2D eigenvalue weighted by molar-refractivity contribution is -0.210. The van der Waals surface area contributed by atoms with Crippen molar-refractivity contribution in [1.82, 2.24) is 0 Å². The van der Waals surface area contributed by atoms with Gasteiger partial charge in [-0.3, -0.25) is 4.55 Å². The molecule has 1 aliphatic heterocycles. The van der Waals surface area contributed by atoms with E-state index in [9.17, 15) is 26.0 Å². The Morgan fingerprint density at radius 3 is 2.22 bits per heavy atom. The van der Waals surface area contributed by atoms with E-state index in [-0.39, 0.29) is 12.8 Å². The van der Waals surface area contributed by atoms with Crippen molar-refractivity contribution in [2.24, 2.45) is 17.8 Å². The predicted molar refractivity (Wildman–Crippen MR) is 92.8 cm³/mol. The number of benzene rings is 1. The van der Waals surface area contributed by atoms with Gasteiger partial charge in [0, 0.05) is 15.1 Å². The molecule has 27 heavy (non-hydrogen) atoms. The zero-order chi connectivity index (χ0) is 19.8. The van der Waals surface area contributed by atoms with Crippen LogP contribution >= 0.6 is 22.6 Å². The number of hydrogen-bond donors (Lipinski definition) is 1. The summed E-state index contributed by atoms with van der Waals surface area (Å²) in [5.74, 6) is -8.23. The van der Waals surface area contributed by atoms with Crippen LogP contribution in [0.15, 0.2) is 24.3 Å². The SMILES string of the molecule is O=S(=O)(O)C(F)(F)C(F)(F)C1CC2CC1C1OC(c3ccc(I)cc3)OC21. The molecule has 0 aromatic heterocycles. The van der Waals surface area contributed by atoms with E-state index in [2.05, 4.69) is 22.6 Å². The van der Waals surface area contributed by atoms with Crippen LogP contribution < -0.4 is 0 Å². The fourth-order valence-electron chi connectivity index (χ4n) is 4.52. The summed E-state index contributed by atoms with van der Waals surface area (Å²) in [6.45, 7) is 0. The second-order valence-corrected chi connectivity index (χ2v) is 9.91. The lowest BCUT2D eigenvalue weighted by atomic mass is 9.81. The van der Waals surface area contributed by atoms with Gasteiger partial charge in [-0.05, 0) is 59.4 Å². The van der Waals surface area contributed by atoms with Crippen LogP contribution in [-0.2, 0) is 19.6 Å². The van der Waals surface area contributed by atoms with Crippen LogP contribution in [0.4, 0.5) is 17.6 Å². The number of rotatable bonds is 4. The van der Waals surface area contributed by atoms with Gasteiger partial charge in [0.15, 0.2) is 6.29 Å². The maximum Gasteiger partial charge on any atom is 0.431 e. The summed E-state index contributed by atoms with van der Waals surface area (Å²) in [4.78, 5) is 0. The average Bonchev–Trinajstić information content (AvgIpc) is 3.25. The van der Waals surface area contributed by atoms with Gasteiger partial charge in [0.2, 0.25) is 0 Å². The molecule has 3 aliphatic rings. The van der Waals surface area contributed by atoms with Crippen LogP contribution in [0.5, 0.6) is 0 Å². The van der Waals surface area contributed by atoms with E-state index in [0.29, 0.717) is 5.56 Å². The highest BCUT2D eigenvalue weighted by atomic mass is 127. The van der Waals surface area contributed by atoms with E-state index < -0.39 is 57.5 Å². The fourth-order valence-corrected chi connectivity index (χ4v) is 5.38. The van der Waals surface area contributed by atoms with E-state index in [1.54, 1.807) is 12.1 Å². The first kappa shape index (κ1) is 19.8. The third-order valence-corrected chi connectivity index (χ3v) is 7.38. The van der Waals surface area contributed by atoms with Gasteiger partial charge in [0.1, 0.15) is 0 Å². The molecule has 1 aromatic rings. The summed E-state index contributed by atoms with van der Waals surface area (Å²) in [7, 11) is -6.25. The van der Waals surface area contributed by atoms with Crippen LogP contribution in [0.3, 0.4) is 0 Å². The zero-order valence-electron chi connectivity index (χ0n) is 13.6. The van der Waals surface area contributed by atoms with Gasteiger partial charge in [-0.25, -0.2) is 0 Å². The molecule has 6 atom stereocenters. The third kappa shape index (κ3) is 2.92. The van der Waals surface area contributed by atoms with Crippen molar-refractivity contribution in [1.29, 1.82) is 0 Å². The summed E-state index contributed by atoms with van der Waals surface area (Å²) >= 11 is 2.12. The quantitative estimate of drug-likeness (QED) is 0.370. The molecule has 6 unspecified atom stereocenters. The largest absolute Gasteiger partial charge is 0.431 e. The fraction of sp³-hybridized carbons (Fsp3) is 0.625. The maximum atomic E-state index is 14.4. The van der Waals surface area contributed by atoms with Gasteiger partial charge in [0.25, 0.3) is 0 Å². The molecule has 1 heterocycles. The van der Waals surface area contributed by atoms with E-state index in [1.807, 2.05) is 12.1 Å². The van der Waals surface area contributed by atoms with Crippen molar-refractivity contribution >= 4 is 32.7 Å². The second kappa shape index (κ2) is 6.25. The molecule has 1 saturated heterocycles. The molecule has 0 spiro atoms. The van der Waals surface area contributed by atoms with E-state index >= 15 is 0 Å². The minimum atomic E-state index is -6.25. The number of ether oxygens (including phenoxy) is 2. The molecule has 4 rings (SSSR count). The molecular weight excluding hydrogens is 507 g/mol. The zero-order valence-corrected chi connectivity index (χ0v) is 16.5. The van der Waals surface area contributed by atoms with Gasteiger partial charge in [-0.1, -0.05) is 12.1 Å². The van der Waals surface area contributed by atoms with Gasteiger partial charge < -0.3 is 9.47 Å². The molecule has 3 fully saturated rings. The molecule has 0 amide bonds. The maximum absolute atomic E-state index is 14.4. The standard InChI is InChI=1S/C16H15F4IO5S/c17-15(18,16(19,20)27(22,23)24)11-6-8-5-10(11)13-12(8)25-14(26-13)7-1-3-9(21)4-2-7/h1-4,8,10-14H,5-6H2,(H,22,23,24). The monoisotopic (exact) mass is 522 g/mol. The Balaban J connectivity index is 1.57. The minimum Gasteiger partial charge on any atom is -0.342 e. The molecular formula is C16H15F4IO5S. The Labute approximate surface area is 166 Å². The predicted octanol–water partition coefficient (Wildman–Crippen LogP) is 3.85. The second-order valence-electron chi connectivity index (χ2n) is 7.20. The number of alkyl halides is 4. The average molecular weight is 522 g/mol. The molecule has 11 heteroatoms. The first-order valence-electron chi connectivity index (χ1n) is 8.22.